The van der Waals surface area contributed by atoms with Gasteiger partial charge < -0.3 is 14.8 Å². The lowest BCUT2D eigenvalue weighted by Crippen LogP contribution is -2.52. The minimum Gasteiger partial charge on any atom is -0.482 e. The molecule has 0 aromatic heterocycles. The van der Waals surface area contributed by atoms with Crippen LogP contribution < -0.4 is 10.1 Å². The number of esters is 1. The number of nitriles is 1. The molecular weight excluding hydrogens is 356 g/mol. The lowest BCUT2D eigenvalue weighted by molar-refractivity contribution is -0.157. The Morgan fingerprint density at radius 1 is 1.21 bits per heavy atom. The summed E-state index contributed by atoms with van der Waals surface area (Å²) in [4.78, 5) is 24.4. The Bertz CT molecular complexity index is 745. The monoisotopic (exact) mass is 386 g/mol. The van der Waals surface area contributed by atoms with Gasteiger partial charge >= 0.3 is 5.97 Å². The summed E-state index contributed by atoms with van der Waals surface area (Å²) in [6.07, 6.45) is 3.16. The summed E-state index contributed by atoms with van der Waals surface area (Å²) in [6.45, 7) is 7.47. The summed E-state index contributed by atoms with van der Waals surface area (Å²) < 4.78 is 10.7. The number of benzene rings is 1. The number of nitrogens with zero attached hydrogens (tertiary/aromatic N) is 1. The second kappa shape index (κ2) is 9.59. The van der Waals surface area contributed by atoms with Crippen LogP contribution in [0, 0.1) is 18.3 Å². The molecule has 0 aliphatic heterocycles. The van der Waals surface area contributed by atoms with Crippen molar-refractivity contribution in [1.29, 1.82) is 5.26 Å². The quantitative estimate of drug-likeness (QED) is 0.721. The van der Waals surface area contributed by atoms with Gasteiger partial charge in [0.05, 0.1) is 6.07 Å². The summed E-state index contributed by atoms with van der Waals surface area (Å²) in [7, 11) is 0. The number of carbonyl (C=O) groups is 2. The average molecular weight is 386 g/mol. The van der Waals surface area contributed by atoms with Crippen molar-refractivity contribution in [3.05, 3.63) is 29.3 Å². The van der Waals surface area contributed by atoms with E-state index in [0.717, 1.165) is 24.8 Å². The van der Waals surface area contributed by atoms with Crippen LogP contribution in [-0.4, -0.2) is 30.1 Å². The molecule has 1 amide bonds. The first kappa shape index (κ1) is 21.7. The van der Waals surface area contributed by atoms with Crippen molar-refractivity contribution >= 4 is 11.9 Å². The van der Waals surface area contributed by atoms with Crippen LogP contribution in [0.1, 0.15) is 69.9 Å². The molecule has 1 aromatic carbocycles. The van der Waals surface area contributed by atoms with E-state index in [1.54, 1.807) is 0 Å². The van der Waals surface area contributed by atoms with Gasteiger partial charge in [-0.3, -0.25) is 4.79 Å². The van der Waals surface area contributed by atoms with Crippen molar-refractivity contribution in [3.63, 3.8) is 0 Å². The summed E-state index contributed by atoms with van der Waals surface area (Å²) in [5.41, 5.74) is 1.49. The van der Waals surface area contributed by atoms with E-state index in [2.05, 4.69) is 25.2 Å². The predicted octanol–water partition coefficient (Wildman–Crippen LogP) is 3.77. The standard InChI is InChI=1S/C22H30N2O4/c1-15(2)19-9-8-18(12-16(19)3)27-13-20(25)28-17(4)21(26)24-22(14-23)10-6-5-7-11-22/h8-9,12,15,17H,5-7,10-11,13H2,1-4H3,(H,24,26)/t17-/m1/s1. The second-order valence-electron chi connectivity index (χ2n) is 7.84. The highest BCUT2D eigenvalue weighted by Crippen LogP contribution is 2.27. The van der Waals surface area contributed by atoms with Crippen molar-refractivity contribution in [3.8, 4) is 11.8 Å². The summed E-state index contributed by atoms with van der Waals surface area (Å²) >= 11 is 0. The van der Waals surface area contributed by atoms with E-state index >= 15 is 0 Å². The highest BCUT2D eigenvalue weighted by Gasteiger charge is 2.35. The minimum atomic E-state index is -0.978. The first-order valence-electron chi connectivity index (χ1n) is 9.92. The summed E-state index contributed by atoms with van der Waals surface area (Å²) in [5, 5.41) is 12.2. The third kappa shape index (κ3) is 5.72. The molecule has 0 radical (unpaired) electrons. The lowest BCUT2D eigenvalue weighted by atomic mass is 9.83. The first-order valence-corrected chi connectivity index (χ1v) is 9.92. The lowest BCUT2D eigenvalue weighted by Gasteiger charge is -2.32. The van der Waals surface area contributed by atoms with Gasteiger partial charge in [0.25, 0.3) is 5.91 Å². The van der Waals surface area contributed by atoms with E-state index < -0.39 is 23.5 Å². The number of hydrogen-bond acceptors (Lipinski definition) is 5. The number of carbonyl (C=O) groups excluding carboxylic acids is 2. The van der Waals surface area contributed by atoms with Gasteiger partial charge in [-0.1, -0.05) is 39.2 Å². The molecule has 152 valence electrons. The molecule has 0 heterocycles. The smallest absolute Gasteiger partial charge is 0.344 e. The zero-order chi connectivity index (χ0) is 20.7. The molecule has 28 heavy (non-hydrogen) atoms. The number of hydrogen-bond donors (Lipinski definition) is 1. The fourth-order valence-corrected chi connectivity index (χ4v) is 3.57. The molecule has 1 aliphatic rings. The van der Waals surface area contributed by atoms with Crippen molar-refractivity contribution in [1.82, 2.24) is 5.32 Å². The minimum absolute atomic E-state index is 0.276. The zero-order valence-corrected chi connectivity index (χ0v) is 17.2. The van der Waals surface area contributed by atoms with Gasteiger partial charge in [0.15, 0.2) is 12.7 Å². The van der Waals surface area contributed by atoms with Gasteiger partial charge in [-0.15, -0.1) is 0 Å². The Balaban J connectivity index is 1.84. The third-order valence-electron chi connectivity index (χ3n) is 5.18. The van der Waals surface area contributed by atoms with E-state index in [1.807, 2.05) is 25.1 Å². The molecule has 6 heteroatoms. The number of ether oxygens (including phenoxy) is 2. The Kier molecular flexibility index (Phi) is 7.45. The molecule has 0 unspecified atom stereocenters. The van der Waals surface area contributed by atoms with Crippen LogP contribution in [0.3, 0.4) is 0 Å². The summed E-state index contributed by atoms with van der Waals surface area (Å²) in [6, 6.07) is 7.92. The Hall–Kier alpha value is -2.55. The fraction of sp³-hybridized carbons (Fsp3) is 0.591. The van der Waals surface area contributed by atoms with Gasteiger partial charge in [-0.05, 0) is 55.9 Å². The van der Waals surface area contributed by atoms with Crippen LogP contribution in [-0.2, 0) is 14.3 Å². The third-order valence-corrected chi connectivity index (χ3v) is 5.18. The molecule has 1 atom stereocenters. The Morgan fingerprint density at radius 3 is 2.46 bits per heavy atom. The van der Waals surface area contributed by atoms with Crippen molar-refractivity contribution < 1.29 is 19.1 Å². The van der Waals surface area contributed by atoms with Crippen LogP contribution in [0.4, 0.5) is 0 Å². The Morgan fingerprint density at radius 2 is 1.89 bits per heavy atom. The second-order valence-corrected chi connectivity index (χ2v) is 7.84. The van der Waals surface area contributed by atoms with Crippen LogP contribution in [0.5, 0.6) is 5.75 Å². The van der Waals surface area contributed by atoms with Gasteiger partial charge in [0.2, 0.25) is 0 Å². The molecule has 6 nitrogen and oxygen atoms in total. The normalized spacial score (nSPS) is 16.7. The SMILES string of the molecule is Cc1cc(OCC(=O)O[C@H](C)C(=O)NC2(C#N)CCCCC2)ccc1C(C)C. The van der Waals surface area contributed by atoms with E-state index in [1.165, 1.54) is 12.5 Å². The fourth-order valence-electron chi connectivity index (χ4n) is 3.57. The molecule has 0 saturated heterocycles. The van der Waals surface area contributed by atoms with Crippen LogP contribution in [0.25, 0.3) is 0 Å². The summed E-state index contributed by atoms with van der Waals surface area (Å²) in [5.74, 6) is -0.0716. The molecule has 1 N–H and O–H groups in total. The number of rotatable bonds is 7. The van der Waals surface area contributed by atoms with E-state index in [4.69, 9.17) is 9.47 Å². The maximum absolute atomic E-state index is 12.4. The van der Waals surface area contributed by atoms with Crippen LogP contribution in [0.15, 0.2) is 18.2 Å². The van der Waals surface area contributed by atoms with E-state index in [-0.39, 0.29) is 6.61 Å². The molecule has 1 aliphatic carbocycles. The predicted molar refractivity (Wildman–Crippen MR) is 106 cm³/mol. The molecule has 1 aromatic rings. The van der Waals surface area contributed by atoms with Gasteiger partial charge in [-0.25, -0.2) is 4.79 Å². The topological polar surface area (TPSA) is 88.4 Å². The molecule has 1 saturated carbocycles. The maximum atomic E-state index is 12.4. The number of aryl methyl sites for hydroxylation is 1. The van der Waals surface area contributed by atoms with Gasteiger partial charge in [-0.2, -0.15) is 5.26 Å². The largest absolute Gasteiger partial charge is 0.482 e. The highest BCUT2D eigenvalue weighted by atomic mass is 16.6. The first-order chi connectivity index (χ1) is 13.3. The molecule has 2 rings (SSSR count). The molecular formula is C22H30N2O4. The van der Waals surface area contributed by atoms with Gasteiger partial charge in [0.1, 0.15) is 11.3 Å². The van der Waals surface area contributed by atoms with E-state index in [9.17, 15) is 14.9 Å². The molecule has 0 bridgehead atoms. The Labute approximate surface area is 167 Å². The van der Waals surface area contributed by atoms with Gasteiger partial charge in [0, 0.05) is 0 Å². The molecule has 1 fully saturated rings. The van der Waals surface area contributed by atoms with E-state index in [0.29, 0.717) is 24.5 Å². The average Bonchev–Trinajstić information content (AvgIpc) is 2.66. The zero-order valence-electron chi connectivity index (χ0n) is 17.2. The van der Waals surface area contributed by atoms with Crippen molar-refractivity contribution in [2.75, 3.05) is 6.61 Å². The highest BCUT2D eigenvalue weighted by molar-refractivity contribution is 5.84. The van der Waals surface area contributed by atoms with Crippen LogP contribution >= 0.6 is 0 Å². The number of amides is 1. The number of nitrogens with one attached hydrogen (secondary N) is 1. The molecule has 0 spiro atoms. The van der Waals surface area contributed by atoms with Crippen LogP contribution in [0.2, 0.25) is 0 Å². The van der Waals surface area contributed by atoms with Crippen molar-refractivity contribution in [2.45, 2.75) is 77.4 Å². The van der Waals surface area contributed by atoms with Crippen molar-refractivity contribution in [2.24, 2.45) is 0 Å². The maximum Gasteiger partial charge on any atom is 0.344 e.